The number of hydrogen-bond donors (Lipinski definition) is 2. The van der Waals surface area contributed by atoms with Gasteiger partial charge in [0.25, 0.3) is 0 Å². The number of amides is 1. The van der Waals surface area contributed by atoms with Gasteiger partial charge in [-0.15, -0.1) is 0 Å². The van der Waals surface area contributed by atoms with Gasteiger partial charge in [-0.25, -0.2) is 0 Å². The van der Waals surface area contributed by atoms with E-state index in [0.29, 0.717) is 13.1 Å². The maximum absolute atomic E-state index is 11.7. The van der Waals surface area contributed by atoms with E-state index >= 15 is 0 Å². The van der Waals surface area contributed by atoms with Crippen LogP contribution in [0.2, 0.25) is 0 Å². The summed E-state index contributed by atoms with van der Waals surface area (Å²) in [4.78, 5) is 11.7. The number of benzene rings is 2. The van der Waals surface area contributed by atoms with Crippen LogP contribution in [0.4, 0.5) is 5.69 Å². The maximum atomic E-state index is 11.7. The van der Waals surface area contributed by atoms with Gasteiger partial charge in [0.1, 0.15) is 0 Å². The predicted molar refractivity (Wildman–Crippen MR) is 82.8 cm³/mol. The molecule has 0 aliphatic carbocycles. The molecule has 104 valence electrons. The van der Waals surface area contributed by atoms with Crippen molar-refractivity contribution >= 4 is 11.6 Å². The molecule has 0 fully saturated rings. The Balaban J connectivity index is 1.69. The highest BCUT2D eigenvalue weighted by atomic mass is 16.1. The number of nitrogens with one attached hydrogen (secondary N) is 2. The average Bonchev–Trinajstić information content (AvgIpc) is 2.48. The second-order valence-electron chi connectivity index (χ2n) is 4.75. The highest BCUT2D eigenvalue weighted by molar-refractivity contribution is 5.80. The number of rotatable bonds is 6. The van der Waals surface area contributed by atoms with Crippen LogP contribution in [0.15, 0.2) is 54.6 Å². The van der Waals surface area contributed by atoms with Crippen LogP contribution in [-0.4, -0.2) is 19.0 Å². The van der Waals surface area contributed by atoms with E-state index in [1.807, 2.05) is 42.5 Å². The zero-order valence-corrected chi connectivity index (χ0v) is 11.7. The zero-order valence-electron chi connectivity index (χ0n) is 11.7. The fraction of sp³-hybridized carbons (Fsp3) is 0.235. The van der Waals surface area contributed by atoms with Gasteiger partial charge in [0.15, 0.2) is 0 Å². The quantitative estimate of drug-likeness (QED) is 0.846. The summed E-state index contributed by atoms with van der Waals surface area (Å²) < 4.78 is 0. The normalized spacial score (nSPS) is 10.1. The Labute approximate surface area is 120 Å². The minimum atomic E-state index is 0.0161. The molecule has 0 aliphatic heterocycles. The lowest BCUT2D eigenvalue weighted by molar-refractivity contribution is -0.119. The molecule has 3 nitrogen and oxygen atoms in total. The molecule has 3 heteroatoms. The minimum absolute atomic E-state index is 0.0161. The van der Waals surface area contributed by atoms with Crippen LogP contribution in [0, 0.1) is 6.92 Å². The first kappa shape index (κ1) is 14.1. The molecule has 0 saturated heterocycles. The van der Waals surface area contributed by atoms with E-state index in [9.17, 15) is 4.79 Å². The first-order valence-corrected chi connectivity index (χ1v) is 6.86. The molecule has 0 heterocycles. The SMILES string of the molecule is Cc1ccccc1CCNC(=O)CNc1ccccc1. The highest BCUT2D eigenvalue weighted by Crippen LogP contribution is 2.07. The lowest BCUT2D eigenvalue weighted by atomic mass is 10.1. The number of carbonyl (C=O) groups is 1. The van der Waals surface area contributed by atoms with Gasteiger partial charge in [-0.2, -0.15) is 0 Å². The van der Waals surface area contributed by atoms with Crippen molar-refractivity contribution < 1.29 is 4.79 Å². The summed E-state index contributed by atoms with van der Waals surface area (Å²) in [6, 6.07) is 18.0. The number of para-hydroxylation sites is 1. The lowest BCUT2D eigenvalue weighted by Gasteiger charge is -2.09. The van der Waals surface area contributed by atoms with Crippen LogP contribution in [0.25, 0.3) is 0 Å². The van der Waals surface area contributed by atoms with Crippen LogP contribution >= 0.6 is 0 Å². The topological polar surface area (TPSA) is 41.1 Å². The third-order valence-corrected chi connectivity index (χ3v) is 3.20. The van der Waals surface area contributed by atoms with E-state index in [0.717, 1.165) is 12.1 Å². The Bertz CT molecular complexity index is 552. The predicted octanol–water partition coefficient (Wildman–Crippen LogP) is 2.77. The molecule has 0 atom stereocenters. The van der Waals surface area contributed by atoms with Gasteiger partial charge in [-0.3, -0.25) is 4.79 Å². The van der Waals surface area contributed by atoms with Crippen molar-refractivity contribution in [1.82, 2.24) is 5.32 Å². The lowest BCUT2D eigenvalue weighted by Crippen LogP contribution is -2.31. The van der Waals surface area contributed by atoms with Gasteiger partial charge in [0.2, 0.25) is 5.91 Å². The van der Waals surface area contributed by atoms with Crippen molar-refractivity contribution in [2.45, 2.75) is 13.3 Å². The largest absolute Gasteiger partial charge is 0.376 e. The second kappa shape index (κ2) is 7.34. The monoisotopic (exact) mass is 268 g/mol. The molecule has 2 aromatic carbocycles. The van der Waals surface area contributed by atoms with Crippen molar-refractivity contribution in [2.75, 3.05) is 18.4 Å². The molecule has 1 amide bonds. The Hall–Kier alpha value is -2.29. The van der Waals surface area contributed by atoms with Crippen molar-refractivity contribution in [3.63, 3.8) is 0 Å². The highest BCUT2D eigenvalue weighted by Gasteiger charge is 2.01. The fourth-order valence-electron chi connectivity index (χ4n) is 2.03. The van der Waals surface area contributed by atoms with Crippen LogP contribution < -0.4 is 10.6 Å². The van der Waals surface area contributed by atoms with Crippen LogP contribution in [0.3, 0.4) is 0 Å². The van der Waals surface area contributed by atoms with Crippen LogP contribution in [0.5, 0.6) is 0 Å². The third-order valence-electron chi connectivity index (χ3n) is 3.20. The van der Waals surface area contributed by atoms with Gasteiger partial charge < -0.3 is 10.6 Å². The van der Waals surface area contributed by atoms with E-state index in [-0.39, 0.29) is 5.91 Å². The minimum Gasteiger partial charge on any atom is -0.376 e. The number of anilines is 1. The fourth-order valence-corrected chi connectivity index (χ4v) is 2.03. The summed E-state index contributed by atoms with van der Waals surface area (Å²) in [6.45, 7) is 3.06. The van der Waals surface area contributed by atoms with E-state index in [1.54, 1.807) is 0 Å². The molecule has 0 saturated carbocycles. The molecule has 2 N–H and O–H groups in total. The summed E-state index contributed by atoms with van der Waals surface area (Å²) >= 11 is 0. The summed E-state index contributed by atoms with van der Waals surface area (Å²) in [6.07, 6.45) is 0.865. The molecule has 0 unspecified atom stereocenters. The van der Waals surface area contributed by atoms with Gasteiger partial charge in [0, 0.05) is 12.2 Å². The average molecular weight is 268 g/mol. The van der Waals surface area contributed by atoms with Gasteiger partial charge >= 0.3 is 0 Å². The molecule has 0 spiro atoms. The molecule has 0 aliphatic rings. The molecule has 20 heavy (non-hydrogen) atoms. The summed E-state index contributed by atoms with van der Waals surface area (Å²) in [5.74, 6) is 0.0161. The Morgan fingerprint density at radius 2 is 1.70 bits per heavy atom. The van der Waals surface area contributed by atoms with E-state index in [4.69, 9.17) is 0 Å². The first-order chi connectivity index (χ1) is 9.75. The standard InChI is InChI=1S/C17H20N2O/c1-14-7-5-6-8-15(14)11-12-18-17(20)13-19-16-9-3-2-4-10-16/h2-10,19H,11-13H2,1H3,(H,18,20). The third kappa shape index (κ3) is 4.43. The maximum Gasteiger partial charge on any atom is 0.239 e. The molecule has 2 aromatic rings. The molecule has 0 bridgehead atoms. The smallest absolute Gasteiger partial charge is 0.239 e. The van der Waals surface area contributed by atoms with Crippen molar-refractivity contribution in [3.8, 4) is 0 Å². The van der Waals surface area contributed by atoms with E-state index in [1.165, 1.54) is 11.1 Å². The summed E-state index contributed by atoms with van der Waals surface area (Å²) in [5, 5.41) is 6.02. The van der Waals surface area contributed by atoms with E-state index in [2.05, 4.69) is 29.7 Å². The molecule has 0 radical (unpaired) electrons. The van der Waals surface area contributed by atoms with Gasteiger partial charge in [-0.1, -0.05) is 42.5 Å². The summed E-state index contributed by atoms with van der Waals surface area (Å²) in [5.41, 5.74) is 3.51. The summed E-state index contributed by atoms with van der Waals surface area (Å²) in [7, 11) is 0. The Morgan fingerprint density at radius 3 is 2.45 bits per heavy atom. The van der Waals surface area contributed by atoms with Crippen molar-refractivity contribution in [2.24, 2.45) is 0 Å². The molecular formula is C17H20N2O. The number of aryl methyl sites for hydroxylation is 1. The van der Waals surface area contributed by atoms with Crippen molar-refractivity contribution in [1.29, 1.82) is 0 Å². The molecular weight excluding hydrogens is 248 g/mol. The zero-order chi connectivity index (χ0) is 14.2. The van der Waals surface area contributed by atoms with Gasteiger partial charge in [-0.05, 0) is 36.6 Å². The molecule has 0 aromatic heterocycles. The first-order valence-electron chi connectivity index (χ1n) is 6.86. The van der Waals surface area contributed by atoms with Crippen LogP contribution in [0.1, 0.15) is 11.1 Å². The number of hydrogen-bond acceptors (Lipinski definition) is 2. The second-order valence-corrected chi connectivity index (χ2v) is 4.75. The Morgan fingerprint density at radius 1 is 1.00 bits per heavy atom. The number of carbonyl (C=O) groups excluding carboxylic acids is 1. The molecule has 2 rings (SSSR count). The van der Waals surface area contributed by atoms with E-state index < -0.39 is 0 Å². The van der Waals surface area contributed by atoms with Gasteiger partial charge in [0.05, 0.1) is 6.54 Å². The van der Waals surface area contributed by atoms with Crippen LogP contribution in [-0.2, 0) is 11.2 Å². The van der Waals surface area contributed by atoms with Crippen molar-refractivity contribution in [3.05, 3.63) is 65.7 Å². The Kier molecular flexibility index (Phi) is 5.18.